The molecule has 2 aliphatic heterocycles. The summed E-state index contributed by atoms with van der Waals surface area (Å²) in [6.07, 6.45) is 2.99. The van der Waals surface area contributed by atoms with Crippen LogP contribution in [0, 0.1) is 0 Å². The van der Waals surface area contributed by atoms with E-state index in [0.717, 1.165) is 35.4 Å². The highest BCUT2D eigenvalue weighted by atomic mass is 35.5. The van der Waals surface area contributed by atoms with E-state index in [2.05, 4.69) is 14.9 Å². The van der Waals surface area contributed by atoms with Crippen molar-refractivity contribution in [1.29, 1.82) is 0 Å². The van der Waals surface area contributed by atoms with Crippen LogP contribution in [0.1, 0.15) is 60.2 Å². The van der Waals surface area contributed by atoms with E-state index in [1.807, 2.05) is 66.7 Å². The fraction of sp³-hybridized carbons (Fsp3) is 0.346. The molecule has 3 unspecified atom stereocenters. The lowest BCUT2D eigenvalue weighted by molar-refractivity contribution is -0.139. The van der Waals surface area contributed by atoms with Crippen molar-refractivity contribution in [2.75, 3.05) is 0 Å². The first-order valence-electron chi connectivity index (χ1n) is 11.5. The number of piperidine rings is 1. The lowest BCUT2D eigenvalue weighted by Gasteiger charge is -2.49. The monoisotopic (exact) mass is 493 g/mol. The van der Waals surface area contributed by atoms with Crippen LogP contribution in [-0.4, -0.2) is 26.8 Å². The zero-order valence-corrected chi connectivity index (χ0v) is 20.1. The molecule has 34 heavy (non-hydrogen) atoms. The summed E-state index contributed by atoms with van der Waals surface area (Å²) in [6, 6.07) is 21.3. The molecular weight excluding hydrogens is 469 g/mol. The molecule has 1 N–H and O–H groups in total. The summed E-state index contributed by atoms with van der Waals surface area (Å²) in [5.41, 5.74) is 11.2. The number of hydrogen-bond acceptors (Lipinski definition) is 4. The van der Waals surface area contributed by atoms with Crippen molar-refractivity contribution in [1.82, 2.24) is 9.88 Å². The van der Waals surface area contributed by atoms with Crippen LogP contribution in [0.5, 0.6) is 0 Å². The minimum Gasteiger partial charge on any atom is -0.376 e. The Morgan fingerprint density at radius 1 is 1.06 bits per heavy atom. The highest BCUT2D eigenvalue weighted by Gasteiger charge is 2.54. The van der Waals surface area contributed by atoms with Crippen LogP contribution in [0.4, 0.5) is 0 Å². The van der Waals surface area contributed by atoms with E-state index in [4.69, 9.17) is 33.7 Å². The second-order valence-electron chi connectivity index (χ2n) is 9.11. The van der Waals surface area contributed by atoms with Gasteiger partial charge in [-0.2, -0.15) is 0 Å². The van der Waals surface area contributed by atoms with Crippen LogP contribution in [-0.2, 0) is 6.54 Å². The van der Waals surface area contributed by atoms with E-state index < -0.39 is 5.72 Å². The SMILES string of the molecule is [N-]=[N+]=NCc1cccc(C2CC3CCC(O)(C2)N3C(c2ccccc2Cl)c2ccccc2Cl)n1. The molecule has 174 valence electrons. The van der Waals surface area contributed by atoms with Crippen LogP contribution >= 0.6 is 23.2 Å². The molecular formula is C26H25Cl2N5O. The topological polar surface area (TPSA) is 85.1 Å². The Morgan fingerprint density at radius 3 is 2.35 bits per heavy atom. The second kappa shape index (κ2) is 9.57. The molecule has 0 spiro atoms. The van der Waals surface area contributed by atoms with Crippen LogP contribution in [0.15, 0.2) is 71.8 Å². The number of azide groups is 1. The third kappa shape index (κ3) is 4.28. The number of hydrogen-bond donors (Lipinski definition) is 1. The molecule has 3 atom stereocenters. The van der Waals surface area contributed by atoms with Crippen molar-refractivity contribution in [2.24, 2.45) is 5.11 Å². The molecule has 0 amide bonds. The molecule has 0 radical (unpaired) electrons. The van der Waals surface area contributed by atoms with E-state index in [1.165, 1.54) is 0 Å². The van der Waals surface area contributed by atoms with E-state index >= 15 is 0 Å². The number of aromatic nitrogens is 1. The molecule has 8 heteroatoms. The molecule has 2 aromatic carbocycles. The van der Waals surface area contributed by atoms with Crippen LogP contribution < -0.4 is 0 Å². The molecule has 2 aliphatic rings. The zero-order valence-electron chi connectivity index (χ0n) is 18.6. The summed E-state index contributed by atoms with van der Waals surface area (Å²) in [5.74, 6) is 0.109. The van der Waals surface area contributed by atoms with Gasteiger partial charge in [-0.05, 0) is 66.6 Å². The number of aliphatic hydroxyl groups is 1. The first-order chi connectivity index (χ1) is 16.5. The highest BCUT2D eigenvalue weighted by Crippen LogP contribution is 2.54. The number of rotatable bonds is 6. The average molecular weight is 494 g/mol. The first kappa shape index (κ1) is 23.2. The Kier molecular flexibility index (Phi) is 6.52. The molecule has 2 fully saturated rings. The molecule has 0 saturated carbocycles. The Hall–Kier alpha value is -2.60. The Labute approximate surface area is 208 Å². The number of nitrogens with zero attached hydrogens (tertiary/aromatic N) is 5. The van der Waals surface area contributed by atoms with E-state index in [0.29, 0.717) is 22.9 Å². The fourth-order valence-corrected chi connectivity index (χ4v) is 6.18. The maximum atomic E-state index is 12.0. The van der Waals surface area contributed by atoms with Gasteiger partial charge in [0.15, 0.2) is 0 Å². The standard InChI is InChI=1S/C26H25Cl2N5O/c27-22-9-3-1-7-20(22)25(21-8-2-4-10-23(21)28)33-19-12-13-26(33,34)15-17(14-19)24-11-5-6-18(31-24)16-30-32-29/h1-11,17,19,25,34H,12-16H2. The van der Waals surface area contributed by atoms with E-state index in [1.54, 1.807) is 0 Å². The van der Waals surface area contributed by atoms with Crippen molar-refractivity contribution in [3.63, 3.8) is 0 Å². The van der Waals surface area contributed by atoms with Crippen molar-refractivity contribution in [3.05, 3.63) is 110 Å². The molecule has 2 saturated heterocycles. The van der Waals surface area contributed by atoms with Crippen molar-refractivity contribution >= 4 is 23.2 Å². The predicted molar refractivity (Wildman–Crippen MR) is 134 cm³/mol. The fourth-order valence-electron chi connectivity index (χ4n) is 5.71. The van der Waals surface area contributed by atoms with Gasteiger partial charge in [0.05, 0.1) is 12.6 Å². The van der Waals surface area contributed by atoms with Gasteiger partial charge in [0.1, 0.15) is 5.72 Å². The van der Waals surface area contributed by atoms with Gasteiger partial charge in [-0.3, -0.25) is 9.88 Å². The largest absolute Gasteiger partial charge is 0.376 e. The van der Waals surface area contributed by atoms with Crippen molar-refractivity contribution in [3.8, 4) is 0 Å². The minimum atomic E-state index is -1.01. The lowest BCUT2D eigenvalue weighted by Crippen LogP contribution is -2.54. The summed E-state index contributed by atoms with van der Waals surface area (Å²) in [4.78, 5) is 9.81. The quantitative estimate of drug-likeness (QED) is 0.227. The molecule has 3 heterocycles. The second-order valence-corrected chi connectivity index (χ2v) is 9.92. The van der Waals surface area contributed by atoms with Gasteiger partial charge in [0.2, 0.25) is 0 Å². The minimum absolute atomic E-state index is 0.109. The lowest BCUT2D eigenvalue weighted by atomic mass is 9.83. The van der Waals surface area contributed by atoms with Gasteiger partial charge in [0.25, 0.3) is 0 Å². The molecule has 6 nitrogen and oxygen atoms in total. The molecule has 1 aromatic heterocycles. The summed E-state index contributed by atoms with van der Waals surface area (Å²) < 4.78 is 0. The van der Waals surface area contributed by atoms with Gasteiger partial charge in [-0.15, -0.1) is 0 Å². The number of benzene rings is 2. The zero-order chi connectivity index (χ0) is 23.7. The first-order valence-corrected chi connectivity index (χ1v) is 12.2. The summed E-state index contributed by atoms with van der Waals surface area (Å²) in [7, 11) is 0. The highest BCUT2D eigenvalue weighted by molar-refractivity contribution is 6.32. The van der Waals surface area contributed by atoms with Crippen LogP contribution in [0.2, 0.25) is 10.0 Å². The normalized spacial score (nSPS) is 24.2. The molecule has 2 bridgehead atoms. The number of pyridine rings is 1. The van der Waals surface area contributed by atoms with Gasteiger partial charge in [-0.1, -0.05) is 70.8 Å². The van der Waals surface area contributed by atoms with Gasteiger partial charge in [0, 0.05) is 38.3 Å². The Bertz CT molecular complexity index is 1200. The molecule has 0 aliphatic carbocycles. The van der Waals surface area contributed by atoms with E-state index in [9.17, 15) is 5.11 Å². The van der Waals surface area contributed by atoms with Gasteiger partial charge < -0.3 is 5.11 Å². The van der Waals surface area contributed by atoms with Gasteiger partial charge >= 0.3 is 0 Å². The van der Waals surface area contributed by atoms with Gasteiger partial charge in [-0.25, -0.2) is 0 Å². The smallest absolute Gasteiger partial charge is 0.120 e. The summed E-state index contributed by atoms with van der Waals surface area (Å²) >= 11 is 13.4. The van der Waals surface area contributed by atoms with E-state index in [-0.39, 0.29) is 24.5 Å². The Balaban J connectivity index is 1.53. The maximum Gasteiger partial charge on any atom is 0.120 e. The van der Waals surface area contributed by atoms with Crippen molar-refractivity contribution in [2.45, 2.75) is 56.0 Å². The third-order valence-electron chi connectivity index (χ3n) is 7.10. The third-order valence-corrected chi connectivity index (χ3v) is 7.79. The molecule has 3 aromatic rings. The Morgan fingerprint density at radius 2 is 1.74 bits per heavy atom. The van der Waals surface area contributed by atoms with Crippen molar-refractivity contribution < 1.29 is 5.11 Å². The number of halogens is 2. The summed E-state index contributed by atoms with van der Waals surface area (Å²) in [6.45, 7) is 0.220. The summed E-state index contributed by atoms with van der Waals surface area (Å²) in [5, 5.41) is 17.0. The predicted octanol–water partition coefficient (Wildman–Crippen LogP) is 7.02. The van der Waals surface area contributed by atoms with Crippen LogP contribution in [0.3, 0.4) is 0 Å². The average Bonchev–Trinajstić information content (AvgIpc) is 3.04. The molecule has 5 rings (SSSR count). The number of fused-ring (bicyclic) bond motifs is 2. The van der Waals surface area contributed by atoms with Crippen LogP contribution in [0.25, 0.3) is 10.4 Å². The maximum absolute atomic E-state index is 12.0.